The van der Waals surface area contributed by atoms with Crippen molar-refractivity contribution in [2.24, 2.45) is 0 Å². The molecule has 0 bridgehead atoms. The van der Waals surface area contributed by atoms with Crippen molar-refractivity contribution in [1.29, 1.82) is 0 Å². The molecule has 4 aromatic rings. The van der Waals surface area contributed by atoms with Crippen LogP contribution in [-0.2, 0) is 6.42 Å². The van der Waals surface area contributed by atoms with Crippen molar-refractivity contribution in [3.8, 4) is 16.9 Å². The molecule has 35 heavy (non-hydrogen) atoms. The van der Waals surface area contributed by atoms with Crippen LogP contribution in [0.5, 0.6) is 5.75 Å². The first-order valence-electron chi connectivity index (χ1n) is 11.7. The van der Waals surface area contributed by atoms with Crippen LogP contribution in [0, 0.1) is 0 Å². The molecule has 0 atom stereocenters. The molecule has 0 aliphatic heterocycles. The first kappa shape index (κ1) is 24.0. The first-order chi connectivity index (χ1) is 17.0. The maximum absolute atomic E-state index is 13.2. The predicted octanol–water partition coefficient (Wildman–Crippen LogP) is 6.12. The Hall–Kier alpha value is -4.09. The second-order valence-electron chi connectivity index (χ2n) is 8.48. The number of amides is 1. The lowest BCUT2D eigenvalue weighted by Crippen LogP contribution is -2.20. The molecule has 4 rings (SSSR count). The van der Waals surface area contributed by atoms with Gasteiger partial charge in [-0.25, -0.2) is 0 Å². The zero-order chi connectivity index (χ0) is 24.8. The minimum atomic E-state index is -0.295. The van der Waals surface area contributed by atoms with E-state index in [1.165, 1.54) is 0 Å². The van der Waals surface area contributed by atoms with Gasteiger partial charge in [0.05, 0.1) is 18.8 Å². The molecule has 0 saturated carbocycles. The first-order valence-corrected chi connectivity index (χ1v) is 11.7. The normalized spacial score (nSPS) is 11.5. The number of rotatable bonds is 9. The SMILES string of the molecule is C=C(C)c1cccc(-c2ccc(OCC)c(C(=O)NC=C(CO)Cc3c[nH]c4ccccc34)c2)c1. The average Bonchev–Trinajstić information content (AvgIpc) is 3.29. The fourth-order valence-corrected chi connectivity index (χ4v) is 4.05. The van der Waals surface area contributed by atoms with Gasteiger partial charge in [0.25, 0.3) is 5.91 Å². The van der Waals surface area contributed by atoms with Crippen molar-refractivity contribution in [2.45, 2.75) is 20.3 Å². The van der Waals surface area contributed by atoms with Crippen LogP contribution in [0.25, 0.3) is 27.6 Å². The second-order valence-corrected chi connectivity index (χ2v) is 8.48. The van der Waals surface area contributed by atoms with E-state index in [0.29, 0.717) is 29.9 Å². The van der Waals surface area contributed by atoms with Gasteiger partial charge in [-0.05, 0) is 72.4 Å². The summed E-state index contributed by atoms with van der Waals surface area (Å²) < 4.78 is 5.73. The van der Waals surface area contributed by atoms with Gasteiger partial charge in [-0.3, -0.25) is 4.79 Å². The Kier molecular flexibility index (Phi) is 7.48. The van der Waals surface area contributed by atoms with Gasteiger partial charge >= 0.3 is 0 Å². The van der Waals surface area contributed by atoms with E-state index in [-0.39, 0.29) is 12.5 Å². The summed E-state index contributed by atoms with van der Waals surface area (Å²) in [7, 11) is 0. The third-order valence-electron chi connectivity index (χ3n) is 5.92. The summed E-state index contributed by atoms with van der Waals surface area (Å²) in [6.07, 6.45) is 4.05. The van der Waals surface area contributed by atoms with Gasteiger partial charge in [0, 0.05) is 23.3 Å². The Morgan fingerprint density at radius 3 is 2.66 bits per heavy atom. The molecule has 0 aliphatic rings. The molecule has 3 aromatic carbocycles. The Morgan fingerprint density at radius 1 is 1.09 bits per heavy atom. The number of hydrogen-bond donors (Lipinski definition) is 3. The number of hydrogen-bond acceptors (Lipinski definition) is 3. The lowest BCUT2D eigenvalue weighted by atomic mass is 9.98. The molecule has 1 aromatic heterocycles. The smallest absolute Gasteiger partial charge is 0.258 e. The van der Waals surface area contributed by atoms with Crippen LogP contribution in [0.2, 0.25) is 0 Å². The van der Waals surface area contributed by atoms with Gasteiger partial charge in [-0.1, -0.05) is 54.6 Å². The molecule has 5 heteroatoms. The van der Waals surface area contributed by atoms with Crippen molar-refractivity contribution >= 4 is 22.4 Å². The molecular formula is C30H30N2O3. The molecule has 0 unspecified atom stereocenters. The molecule has 0 aliphatic carbocycles. The highest BCUT2D eigenvalue weighted by atomic mass is 16.5. The number of aromatic nitrogens is 1. The summed E-state index contributed by atoms with van der Waals surface area (Å²) >= 11 is 0. The van der Waals surface area contributed by atoms with Crippen LogP contribution in [-0.4, -0.2) is 29.2 Å². The molecule has 0 spiro atoms. The number of para-hydroxylation sites is 1. The number of benzene rings is 3. The fraction of sp³-hybridized carbons (Fsp3) is 0.167. The topological polar surface area (TPSA) is 74.3 Å². The number of ether oxygens (including phenoxy) is 1. The Labute approximate surface area is 205 Å². The Bertz CT molecular complexity index is 1400. The summed E-state index contributed by atoms with van der Waals surface area (Å²) in [5.41, 5.74) is 7.17. The van der Waals surface area contributed by atoms with Crippen LogP contribution in [0.15, 0.2) is 91.3 Å². The maximum Gasteiger partial charge on any atom is 0.258 e. The molecular weight excluding hydrogens is 436 g/mol. The van der Waals surface area contributed by atoms with Crippen LogP contribution in [0.4, 0.5) is 0 Å². The Morgan fingerprint density at radius 2 is 1.89 bits per heavy atom. The van der Waals surface area contributed by atoms with E-state index in [1.54, 1.807) is 6.20 Å². The van der Waals surface area contributed by atoms with Crippen molar-refractivity contribution in [2.75, 3.05) is 13.2 Å². The van der Waals surface area contributed by atoms with Gasteiger partial charge < -0.3 is 20.1 Å². The van der Waals surface area contributed by atoms with Crippen molar-refractivity contribution in [3.63, 3.8) is 0 Å². The summed E-state index contributed by atoms with van der Waals surface area (Å²) in [6, 6.07) is 21.7. The van der Waals surface area contributed by atoms with Crippen LogP contribution < -0.4 is 10.1 Å². The molecule has 178 valence electrons. The monoisotopic (exact) mass is 466 g/mol. The van der Waals surface area contributed by atoms with E-state index >= 15 is 0 Å². The lowest BCUT2D eigenvalue weighted by molar-refractivity contribution is 0.0966. The predicted molar refractivity (Wildman–Crippen MR) is 142 cm³/mol. The number of nitrogens with one attached hydrogen (secondary N) is 2. The summed E-state index contributed by atoms with van der Waals surface area (Å²) in [6.45, 7) is 8.17. The highest BCUT2D eigenvalue weighted by molar-refractivity contribution is 5.99. The highest BCUT2D eigenvalue weighted by Gasteiger charge is 2.15. The van der Waals surface area contributed by atoms with Crippen LogP contribution in [0.3, 0.4) is 0 Å². The molecule has 1 amide bonds. The van der Waals surface area contributed by atoms with Gasteiger partial charge in [0.15, 0.2) is 0 Å². The van der Waals surface area contributed by atoms with Crippen LogP contribution >= 0.6 is 0 Å². The van der Waals surface area contributed by atoms with Crippen molar-refractivity contribution < 1.29 is 14.6 Å². The molecule has 0 radical (unpaired) electrons. The number of aromatic amines is 1. The number of carbonyl (C=O) groups is 1. The summed E-state index contributed by atoms with van der Waals surface area (Å²) in [5, 5.41) is 13.9. The quantitative estimate of drug-likeness (QED) is 0.278. The minimum absolute atomic E-state index is 0.161. The zero-order valence-electron chi connectivity index (χ0n) is 20.1. The average molecular weight is 467 g/mol. The number of aliphatic hydroxyl groups excluding tert-OH is 1. The van der Waals surface area contributed by atoms with E-state index in [9.17, 15) is 9.90 Å². The van der Waals surface area contributed by atoms with Gasteiger partial charge in [0.1, 0.15) is 5.75 Å². The summed E-state index contributed by atoms with van der Waals surface area (Å²) in [4.78, 5) is 16.4. The lowest BCUT2D eigenvalue weighted by Gasteiger charge is -2.13. The van der Waals surface area contributed by atoms with E-state index in [2.05, 4.69) is 22.9 Å². The minimum Gasteiger partial charge on any atom is -0.493 e. The van der Waals surface area contributed by atoms with E-state index in [0.717, 1.165) is 38.7 Å². The highest BCUT2D eigenvalue weighted by Crippen LogP contribution is 2.29. The Balaban J connectivity index is 1.59. The zero-order valence-corrected chi connectivity index (χ0v) is 20.1. The molecule has 3 N–H and O–H groups in total. The van der Waals surface area contributed by atoms with Crippen LogP contribution in [0.1, 0.15) is 35.3 Å². The van der Waals surface area contributed by atoms with E-state index < -0.39 is 0 Å². The number of aliphatic hydroxyl groups is 1. The van der Waals surface area contributed by atoms with Crippen molar-refractivity contribution in [1.82, 2.24) is 10.3 Å². The third-order valence-corrected chi connectivity index (χ3v) is 5.92. The summed E-state index contributed by atoms with van der Waals surface area (Å²) in [5.74, 6) is 0.219. The largest absolute Gasteiger partial charge is 0.493 e. The second kappa shape index (κ2) is 10.9. The number of H-pyrrole nitrogens is 1. The maximum atomic E-state index is 13.2. The van der Waals surface area contributed by atoms with E-state index in [4.69, 9.17) is 4.74 Å². The molecule has 0 saturated heterocycles. The van der Waals surface area contributed by atoms with Gasteiger partial charge in [-0.2, -0.15) is 0 Å². The molecule has 5 nitrogen and oxygen atoms in total. The fourth-order valence-electron chi connectivity index (χ4n) is 4.05. The van der Waals surface area contributed by atoms with Crippen molar-refractivity contribution in [3.05, 3.63) is 108 Å². The number of carbonyl (C=O) groups excluding carboxylic acids is 1. The standard InChI is InChI=1S/C30H30N2O3/c1-4-35-29-13-12-24(23-9-7-8-22(15-23)20(2)3)16-27(29)30(34)32-17-21(19-33)14-25-18-31-28-11-6-5-10-26(25)28/h5-13,15-18,31,33H,2,4,14,19H2,1,3H3,(H,32,34). The molecule has 0 fully saturated rings. The van der Waals surface area contributed by atoms with Gasteiger partial charge in [0.2, 0.25) is 0 Å². The third kappa shape index (κ3) is 5.53. The van der Waals surface area contributed by atoms with E-state index in [1.807, 2.05) is 80.7 Å². The molecule has 1 heterocycles. The number of fused-ring (bicyclic) bond motifs is 1. The number of allylic oxidation sites excluding steroid dienone is 1. The van der Waals surface area contributed by atoms with Gasteiger partial charge in [-0.15, -0.1) is 0 Å².